The number of halogens is 5. The van der Waals surface area contributed by atoms with Gasteiger partial charge >= 0.3 is 5.51 Å². The molecule has 2 bridgehead atoms. The lowest BCUT2D eigenvalue weighted by atomic mass is 9.32. The minimum Gasteiger partial charge on any atom is -0.391 e. The highest BCUT2D eigenvalue weighted by atomic mass is 32.2. The normalized spacial score (nSPS) is 21.9. The highest BCUT2D eigenvalue weighted by molar-refractivity contribution is 7.99. The molecule has 3 saturated heterocycles. The number of piperazine rings is 2. The number of rotatable bonds is 32. The molecule has 0 spiro atoms. The summed E-state index contributed by atoms with van der Waals surface area (Å²) in [5.74, 6) is -2.72. The average molecular weight is 1620 g/mol. The lowest BCUT2D eigenvalue weighted by molar-refractivity contribution is -0.250. The molecular formula is C80H100F5N11O11S4. The van der Waals surface area contributed by atoms with Gasteiger partial charge in [-0.15, -0.1) is 23.1 Å². The molecule has 13 rings (SSSR count). The topological polar surface area (TPSA) is 277 Å². The van der Waals surface area contributed by atoms with Gasteiger partial charge in [0.1, 0.15) is 22.6 Å². The molecule has 111 heavy (non-hydrogen) atoms. The van der Waals surface area contributed by atoms with Crippen molar-refractivity contribution in [2.75, 3.05) is 94.5 Å². The van der Waals surface area contributed by atoms with Crippen LogP contribution in [0.1, 0.15) is 156 Å². The number of nitrogens with one attached hydrogen (secondary N) is 4. The summed E-state index contributed by atoms with van der Waals surface area (Å²) < 4.78 is 134. The first kappa shape index (κ1) is 82.6. The Morgan fingerprint density at radius 2 is 1.52 bits per heavy atom. The number of sulfonamides is 1. The van der Waals surface area contributed by atoms with E-state index >= 15 is 0 Å². The molecule has 600 valence electrons. The van der Waals surface area contributed by atoms with Gasteiger partial charge in [0.15, 0.2) is 0 Å². The number of carbonyl (C=O) groups is 5. The van der Waals surface area contributed by atoms with Crippen LogP contribution in [-0.4, -0.2) is 196 Å². The predicted octanol–water partition coefficient (Wildman–Crippen LogP) is 12.3. The van der Waals surface area contributed by atoms with E-state index in [0.717, 1.165) is 77.7 Å². The maximum atomic E-state index is 14.6. The van der Waals surface area contributed by atoms with Gasteiger partial charge < -0.3 is 40.3 Å². The Labute approximate surface area is 654 Å². The number of anilines is 2. The van der Waals surface area contributed by atoms with Crippen LogP contribution in [0.2, 0.25) is 0 Å². The number of aromatic nitrogens is 2. The maximum Gasteiger partial charge on any atom is 0.501 e. The monoisotopic (exact) mass is 1610 g/mol. The van der Waals surface area contributed by atoms with Gasteiger partial charge in [-0.25, -0.2) is 35.3 Å². The van der Waals surface area contributed by atoms with Crippen molar-refractivity contribution in [3.05, 3.63) is 148 Å². The first-order valence-corrected chi connectivity index (χ1v) is 43.1. The van der Waals surface area contributed by atoms with Crippen molar-refractivity contribution in [3.63, 3.8) is 0 Å². The van der Waals surface area contributed by atoms with Crippen LogP contribution in [-0.2, 0) is 39.0 Å². The number of allylic oxidation sites excluding steroid dienone is 1. The predicted molar refractivity (Wildman–Crippen MR) is 415 cm³/mol. The van der Waals surface area contributed by atoms with Crippen LogP contribution < -0.4 is 25.6 Å². The molecule has 5 N–H and O–H groups in total. The smallest absolute Gasteiger partial charge is 0.391 e. The number of likely N-dealkylation sites (tertiary alicyclic amines) is 1. The second kappa shape index (κ2) is 34.5. The lowest BCUT2D eigenvalue weighted by Gasteiger charge is -2.72. The number of thioether (sulfide) groups is 1. The van der Waals surface area contributed by atoms with Gasteiger partial charge in [0.05, 0.1) is 50.9 Å². The van der Waals surface area contributed by atoms with Gasteiger partial charge in [-0.1, -0.05) is 92.9 Å². The number of amides is 5. The third-order valence-corrected chi connectivity index (χ3v) is 28.0. The summed E-state index contributed by atoms with van der Waals surface area (Å²) in [6.45, 7) is 17.9. The molecule has 3 saturated carbocycles. The Hall–Kier alpha value is -7.81. The fourth-order valence-electron chi connectivity index (χ4n) is 16.7. The summed E-state index contributed by atoms with van der Waals surface area (Å²) in [6.07, 6.45) is 3.57. The number of β-amino-alcohol motifs (C(OH)–C–C–N with tert-alkyl or cyclic N) is 1. The van der Waals surface area contributed by atoms with Gasteiger partial charge in [-0.05, 0) is 154 Å². The second-order valence-corrected chi connectivity index (χ2v) is 37.6. The third-order valence-electron chi connectivity index (χ3n) is 23.0. The van der Waals surface area contributed by atoms with Crippen molar-refractivity contribution in [1.82, 2.24) is 45.1 Å². The zero-order valence-corrected chi connectivity index (χ0v) is 66.8. The Morgan fingerprint density at radius 1 is 0.829 bits per heavy atom. The van der Waals surface area contributed by atoms with Crippen molar-refractivity contribution < 1.29 is 72.4 Å². The van der Waals surface area contributed by atoms with Gasteiger partial charge in [-0.3, -0.25) is 33.8 Å². The van der Waals surface area contributed by atoms with Crippen LogP contribution in [0.25, 0.3) is 10.4 Å². The summed E-state index contributed by atoms with van der Waals surface area (Å²) >= 11 is 2.88. The minimum absolute atomic E-state index is 0.000338. The Morgan fingerprint density at radius 3 is 2.16 bits per heavy atom. The average Bonchev–Trinajstić information content (AvgIpc) is 1.16. The molecule has 0 unspecified atom stereocenters. The fraction of sp³-hybridized carbons (Fsp3) is 0.537. The van der Waals surface area contributed by atoms with E-state index in [2.05, 4.69) is 54.6 Å². The maximum absolute atomic E-state index is 14.6. The van der Waals surface area contributed by atoms with E-state index in [0.29, 0.717) is 120 Å². The van der Waals surface area contributed by atoms with Crippen LogP contribution in [0.5, 0.6) is 0 Å². The molecule has 4 aromatic carbocycles. The molecule has 5 atom stereocenters. The number of alkyl halides is 5. The highest BCUT2D eigenvalue weighted by Gasteiger charge is 2.73. The van der Waals surface area contributed by atoms with E-state index in [1.165, 1.54) is 51.3 Å². The van der Waals surface area contributed by atoms with E-state index < -0.39 is 94.6 Å². The zero-order chi connectivity index (χ0) is 79.4. The first-order valence-electron chi connectivity index (χ1n) is 38.2. The highest BCUT2D eigenvalue weighted by Crippen LogP contribution is 2.79. The first-order chi connectivity index (χ1) is 52.7. The third kappa shape index (κ3) is 19.4. The van der Waals surface area contributed by atoms with Gasteiger partial charge in [0.25, 0.3) is 25.8 Å². The molecule has 31 heteroatoms. The second-order valence-electron chi connectivity index (χ2n) is 32.0. The van der Waals surface area contributed by atoms with Gasteiger partial charge in [0, 0.05) is 131 Å². The number of carbonyl (C=O) groups excluding carboxylic acids is 5. The minimum atomic E-state index is -6.20. The molecule has 7 aliphatic rings. The van der Waals surface area contributed by atoms with E-state index in [1.54, 1.807) is 35.5 Å². The number of aliphatic hydroxyl groups excluding tert-OH is 1. The quantitative estimate of drug-likeness (QED) is 0.0114. The largest absolute Gasteiger partial charge is 0.501 e. The van der Waals surface area contributed by atoms with Crippen LogP contribution in [0.4, 0.5) is 33.3 Å². The molecule has 5 amide bonds. The summed E-state index contributed by atoms with van der Waals surface area (Å²) in [5, 5.41) is 23.9. The fourth-order valence-corrected chi connectivity index (χ4v) is 20.6. The van der Waals surface area contributed by atoms with E-state index in [-0.39, 0.29) is 71.6 Å². The number of thiazole rings is 1. The SMILES string of the molecule is Cc1cc([C@@H](C(=O)N2C[C@H](O)C[C@H]2C(=O)N[C@@H](CC(=O)NCCCCCC(=O)N2CCN(CC[C@H](CSc3ccccc3)Nc3ccc(S(=O)(=O)NC(=O)c4ccc(N5CCN(CC6=C(C78CC(C(F)F)(C7)C8)CC(C)(C)CC6)CC5)cc4)cc3S(=O)(=O)C(F)(F)F)CC2)c2ccc(-c3scnc3C)cc2)C(C)C)on1. The zero-order valence-electron chi connectivity index (χ0n) is 63.5. The van der Waals surface area contributed by atoms with Crippen molar-refractivity contribution in [1.29, 1.82) is 0 Å². The van der Waals surface area contributed by atoms with Crippen LogP contribution in [0.3, 0.4) is 0 Å². The number of sulfone groups is 1. The lowest BCUT2D eigenvalue weighted by Crippen LogP contribution is -2.66. The van der Waals surface area contributed by atoms with Crippen LogP contribution in [0.15, 0.2) is 139 Å². The van der Waals surface area contributed by atoms with E-state index in [9.17, 15) is 67.9 Å². The van der Waals surface area contributed by atoms with Crippen LogP contribution >= 0.6 is 23.1 Å². The number of benzene rings is 4. The summed E-state index contributed by atoms with van der Waals surface area (Å²) in [4.78, 5) is 83.2. The van der Waals surface area contributed by atoms with Crippen molar-refractivity contribution >= 4 is 83.9 Å². The molecule has 22 nitrogen and oxygen atoms in total. The van der Waals surface area contributed by atoms with E-state index in [1.807, 2.05) is 80.1 Å². The molecule has 3 aliphatic heterocycles. The molecule has 4 aliphatic carbocycles. The van der Waals surface area contributed by atoms with E-state index in [4.69, 9.17) is 4.52 Å². The molecular weight excluding hydrogens is 1510 g/mol. The Kier molecular flexibility index (Phi) is 25.7. The summed E-state index contributed by atoms with van der Waals surface area (Å²) in [6, 6.07) is 24.4. The summed E-state index contributed by atoms with van der Waals surface area (Å²) in [7, 11) is -11.2. The number of aryl methyl sites for hydroxylation is 2. The standard InChI is InChI=1S/C80H100F5N11O11S4/c1-51(2)71(67-39-52(3)90-107-67)75(102)96-45-60(97)40-66(96)74(101)89-65(54-16-18-55(19-17-54)72-53(4)87-50-109-72)42-69(98)86-29-12-8-11-15-70(99)95-37-31-92(32-38-95)30-27-58(46-108-61-13-9-7-10-14-61)88-64-25-24-62(41-68(64)110(103,104)80(83,84)85)111(105,106)91-73(100)56-20-22-59(23-21-56)94-35-33-93(34-36-94)44-57-26-28-77(5,6)43-63(57)78-47-79(48-78,49-78)76(81)82/h7,9-10,13-14,16-25,39,41,50-51,58,60,65-66,71,76,88,97H,8,11-12,15,26-38,40,42-49H2,1-6H3,(H,86,98)(H,89,101)(H,91,100)/t58-,60-,65+,66+,71+,78?,79?/m1/s1. The molecule has 0 radical (unpaired) electrons. The van der Waals surface area contributed by atoms with Gasteiger partial charge in [0.2, 0.25) is 30.1 Å². The number of hydrogen-bond donors (Lipinski definition) is 5. The molecule has 5 heterocycles. The number of aliphatic hydroxyl groups is 1. The Balaban J connectivity index is 0.612. The number of hydrogen-bond acceptors (Lipinski definition) is 19. The Bertz CT molecular complexity index is 4570. The molecule has 6 aromatic rings. The van der Waals surface area contributed by atoms with Crippen molar-refractivity contribution in [3.8, 4) is 10.4 Å². The number of nitrogens with zero attached hydrogens (tertiary/aromatic N) is 7. The number of unbranched alkanes of at least 4 members (excludes halogenated alkanes) is 2. The van der Waals surface area contributed by atoms with Crippen molar-refractivity contribution in [2.24, 2.45) is 22.2 Å². The summed E-state index contributed by atoms with van der Waals surface area (Å²) in [5.41, 5.74) is 1.22. The van der Waals surface area contributed by atoms with Gasteiger partial charge in [-0.2, -0.15) is 13.2 Å². The van der Waals surface area contributed by atoms with Crippen LogP contribution in [0, 0.1) is 36.0 Å². The molecule has 6 fully saturated rings. The molecule has 2 aromatic heterocycles. The van der Waals surface area contributed by atoms with Crippen molar-refractivity contribution in [2.45, 2.75) is 182 Å².